The lowest BCUT2D eigenvalue weighted by Gasteiger charge is -2.01. The summed E-state index contributed by atoms with van der Waals surface area (Å²) in [6.45, 7) is 8.60. The molecule has 0 radical (unpaired) electrons. The standard InChI is InChI=1S/C10H17NOS/c1-6(2)9-8(5-12)13-10(11-9)7(3)4/h6-7,12H,5H2,1-4H3. The summed E-state index contributed by atoms with van der Waals surface area (Å²) in [6, 6.07) is 0. The summed E-state index contributed by atoms with van der Waals surface area (Å²) in [5, 5.41) is 10.3. The van der Waals surface area contributed by atoms with E-state index in [4.69, 9.17) is 5.11 Å². The van der Waals surface area contributed by atoms with Crippen molar-refractivity contribution in [2.45, 2.75) is 46.1 Å². The Bertz CT molecular complexity index is 278. The molecular formula is C10H17NOS. The number of rotatable bonds is 3. The molecule has 1 rings (SSSR count). The molecule has 74 valence electrons. The van der Waals surface area contributed by atoms with Gasteiger partial charge in [0.05, 0.1) is 22.2 Å². The van der Waals surface area contributed by atoms with E-state index in [-0.39, 0.29) is 6.61 Å². The average Bonchev–Trinajstić information content (AvgIpc) is 2.47. The Morgan fingerprint density at radius 2 is 1.85 bits per heavy atom. The van der Waals surface area contributed by atoms with Crippen LogP contribution in [-0.4, -0.2) is 10.1 Å². The number of aromatic nitrogens is 1. The highest BCUT2D eigenvalue weighted by Crippen LogP contribution is 2.29. The highest BCUT2D eigenvalue weighted by molar-refractivity contribution is 7.11. The van der Waals surface area contributed by atoms with Crippen molar-refractivity contribution in [3.8, 4) is 0 Å². The van der Waals surface area contributed by atoms with Gasteiger partial charge in [0.15, 0.2) is 0 Å². The van der Waals surface area contributed by atoms with Crippen LogP contribution in [0.25, 0.3) is 0 Å². The molecule has 1 N–H and O–H groups in total. The molecule has 3 heteroatoms. The van der Waals surface area contributed by atoms with Crippen LogP contribution >= 0.6 is 11.3 Å². The van der Waals surface area contributed by atoms with E-state index < -0.39 is 0 Å². The fourth-order valence-corrected chi connectivity index (χ4v) is 2.28. The van der Waals surface area contributed by atoms with E-state index in [1.165, 1.54) is 0 Å². The first-order valence-electron chi connectivity index (χ1n) is 4.66. The molecule has 0 unspecified atom stereocenters. The van der Waals surface area contributed by atoms with Crippen LogP contribution in [0.3, 0.4) is 0 Å². The van der Waals surface area contributed by atoms with Crippen LogP contribution in [0.2, 0.25) is 0 Å². The van der Waals surface area contributed by atoms with Gasteiger partial charge in [0, 0.05) is 5.92 Å². The predicted molar refractivity (Wildman–Crippen MR) is 56.2 cm³/mol. The Balaban J connectivity index is 3.04. The number of nitrogens with zero attached hydrogens (tertiary/aromatic N) is 1. The number of aliphatic hydroxyl groups is 1. The fraction of sp³-hybridized carbons (Fsp3) is 0.700. The minimum atomic E-state index is 0.123. The highest BCUT2D eigenvalue weighted by atomic mass is 32.1. The molecule has 0 atom stereocenters. The topological polar surface area (TPSA) is 33.1 Å². The Kier molecular flexibility index (Phi) is 3.45. The normalized spacial score (nSPS) is 11.6. The van der Waals surface area contributed by atoms with Gasteiger partial charge in [-0.05, 0) is 5.92 Å². The minimum absolute atomic E-state index is 0.123. The zero-order chi connectivity index (χ0) is 10.0. The molecule has 13 heavy (non-hydrogen) atoms. The third-order valence-corrected chi connectivity index (χ3v) is 3.28. The van der Waals surface area contributed by atoms with E-state index in [9.17, 15) is 0 Å². The molecule has 1 heterocycles. The average molecular weight is 199 g/mol. The molecular weight excluding hydrogens is 182 g/mol. The van der Waals surface area contributed by atoms with E-state index in [0.717, 1.165) is 15.6 Å². The van der Waals surface area contributed by atoms with Gasteiger partial charge < -0.3 is 5.11 Å². The second-order valence-corrected chi connectivity index (χ2v) is 4.94. The summed E-state index contributed by atoms with van der Waals surface area (Å²) in [7, 11) is 0. The second kappa shape index (κ2) is 4.20. The molecule has 0 bridgehead atoms. The van der Waals surface area contributed by atoms with E-state index in [1.807, 2.05) is 0 Å². The Morgan fingerprint density at radius 3 is 2.15 bits per heavy atom. The Labute approximate surface area is 83.6 Å². The van der Waals surface area contributed by atoms with E-state index in [1.54, 1.807) is 11.3 Å². The van der Waals surface area contributed by atoms with Crippen molar-refractivity contribution >= 4 is 11.3 Å². The number of hydrogen-bond acceptors (Lipinski definition) is 3. The summed E-state index contributed by atoms with van der Waals surface area (Å²) in [5.74, 6) is 0.869. The number of hydrogen-bond donors (Lipinski definition) is 1. The summed E-state index contributed by atoms with van der Waals surface area (Å²) >= 11 is 1.63. The fourth-order valence-electron chi connectivity index (χ4n) is 1.19. The predicted octanol–water partition coefficient (Wildman–Crippen LogP) is 2.88. The SMILES string of the molecule is CC(C)c1nc(C(C)C)c(CO)s1. The lowest BCUT2D eigenvalue weighted by atomic mass is 10.1. The van der Waals surface area contributed by atoms with Crippen molar-refractivity contribution < 1.29 is 5.11 Å². The first-order chi connectivity index (χ1) is 6.06. The lowest BCUT2D eigenvalue weighted by molar-refractivity contribution is 0.283. The van der Waals surface area contributed by atoms with Gasteiger partial charge in [-0.15, -0.1) is 11.3 Å². The van der Waals surface area contributed by atoms with E-state index in [2.05, 4.69) is 32.7 Å². The molecule has 0 amide bonds. The molecule has 0 saturated carbocycles. The summed E-state index contributed by atoms with van der Waals surface area (Å²) in [4.78, 5) is 5.57. The van der Waals surface area contributed by atoms with Crippen LogP contribution in [0, 0.1) is 0 Å². The summed E-state index contributed by atoms with van der Waals surface area (Å²) < 4.78 is 0. The zero-order valence-electron chi connectivity index (χ0n) is 8.66. The first-order valence-corrected chi connectivity index (χ1v) is 5.48. The summed E-state index contributed by atoms with van der Waals surface area (Å²) in [6.07, 6.45) is 0. The van der Waals surface area contributed by atoms with Crippen molar-refractivity contribution in [1.82, 2.24) is 4.98 Å². The molecule has 0 saturated heterocycles. The van der Waals surface area contributed by atoms with Gasteiger partial charge in [0.2, 0.25) is 0 Å². The molecule has 0 spiro atoms. The maximum Gasteiger partial charge on any atom is 0.0957 e. The van der Waals surface area contributed by atoms with Crippen molar-refractivity contribution in [2.24, 2.45) is 0 Å². The van der Waals surface area contributed by atoms with Crippen molar-refractivity contribution in [3.05, 3.63) is 15.6 Å². The minimum Gasteiger partial charge on any atom is -0.391 e. The van der Waals surface area contributed by atoms with Crippen molar-refractivity contribution in [3.63, 3.8) is 0 Å². The quantitative estimate of drug-likeness (QED) is 0.812. The molecule has 1 aromatic heterocycles. The van der Waals surface area contributed by atoms with Gasteiger partial charge in [-0.25, -0.2) is 4.98 Å². The van der Waals surface area contributed by atoms with Crippen LogP contribution in [-0.2, 0) is 6.61 Å². The highest BCUT2D eigenvalue weighted by Gasteiger charge is 2.14. The van der Waals surface area contributed by atoms with Gasteiger partial charge in [-0.2, -0.15) is 0 Å². The molecule has 0 aliphatic carbocycles. The maximum absolute atomic E-state index is 9.13. The lowest BCUT2D eigenvalue weighted by Crippen LogP contribution is -1.94. The number of thiazole rings is 1. The van der Waals surface area contributed by atoms with E-state index >= 15 is 0 Å². The van der Waals surface area contributed by atoms with E-state index in [0.29, 0.717) is 11.8 Å². The molecule has 0 fully saturated rings. The maximum atomic E-state index is 9.13. The largest absolute Gasteiger partial charge is 0.391 e. The molecule has 0 aromatic carbocycles. The Morgan fingerprint density at radius 1 is 1.23 bits per heavy atom. The summed E-state index contributed by atoms with van der Waals surface area (Å²) in [5.41, 5.74) is 1.07. The van der Waals surface area contributed by atoms with Gasteiger partial charge in [0.25, 0.3) is 0 Å². The molecule has 0 aliphatic rings. The van der Waals surface area contributed by atoms with Crippen molar-refractivity contribution in [1.29, 1.82) is 0 Å². The van der Waals surface area contributed by atoms with Crippen molar-refractivity contribution in [2.75, 3.05) is 0 Å². The molecule has 1 aromatic rings. The Hall–Kier alpha value is -0.410. The molecule has 2 nitrogen and oxygen atoms in total. The number of aliphatic hydroxyl groups excluding tert-OH is 1. The third-order valence-electron chi connectivity index (χ3n) is 1.93. The van der Waals surface area contributed by atoms with Crippen LogP contribution in [0.5, 0.6) is 0 Å². The van der Waals surface area contributed by atoms with Gasteiger partial charge >= 0.3 is 0 Å². The third kappa shape index (κ3) is 2.29. The zero-order valence-corrected chi connectivity index (χ0v) is 9.48. The van der Waals surface area contributed by atoms with Crippen LogP contribution in [0.4, 0.5) is 0 Å². The first kappa shape index (κ1) is 10.7. The van der Waals surface area contributed by atoms with Crippen LogP contribution < -0.4 is 0 Å². The van der Waals surface area contributed by atoms with Crippen LogP contribution in [0.15, 0.2) is 0 Å². The second-order valence-electron chi connectivity index (χ2n) is 3.83. The molecule has 0 aliphatic heterocycles. The van der Waals surface area contributed by atoms with Gasteiger partial charge in [-0.3, -0.25) is 0 Å². The van der Waals surface area contributed by atoms with Gasteiger partial charge in [-0.1, -0.05) is 27.7 Å². The van der Waals surface area contributed by atoms with Crippen LogP contribution in [0.1, 0.15) is 55.1 Å². The smallest absolute Gasteiger partial charge is 0.0957 e. The van der Waals surface area contributed by atoms with Gasteiger partial charge in [0.1, 0.15) is 0 Å². The monoisotopic (exact) mass is 199 g/mol.